The van der Waals surface area contributed by atoms with Crippen LogP contribution in [0.2, 0.25) is 0 Å². The number of aryl methyl sites for hydroxylation is 2. The van der Waals surface area contributed by atoms with E-state index >= 15 is 0 Å². The van der Waals surface area contributed by atoms with Crippen molar-refractivity contribution >= 4 is 0 Å². The van der Waals surface area contributed by atoms with Gasteiger partial charge in [0.15, 0.2) is 0 Å². The quantitative estimate of drug-likeness (QED) is 0.742. The van der Waals surface area contributed by atoms with Crippen LogP contribution in [-0.4, -0.2) is 9.55 Å². The van der Waals surface area contributed by atoms with Gasteiger partial charge in [-0.3, -0.25) is 0 Å². The molecule has 0 aliphatic heterocycles. The molecular formula is C11H14N2O. The molecule has 0 unspecified atom stereocenters. The first-order valence-electron chi connectivity index (χ1n) is 4.81. The molecule has 2 heterocycles. The summed E-state index contributed by atoms with van der Waals surface area (Å²) < 4.78 is 7.41. The smallest absolute Gasteiger partial charge is 0.107 e. The van der Waals surface area contributed by atoms with E-state index in [4.69, 9.17) is 4.42 Å². The lowest BCUT2D eigenvalue weighted by Gasteiger charge is -2.01. The third-order valence-corrected chi connectivity index (χ3v) is 2.45. The summed E-state index contributed by atoms with van der Waals surface area (Å²) in [5, 5.41) is 0. The van der Waals surface area contributed by atoms with E-state index in [1.807, 2.05) is 30.2 Å². The Morgan fingerprint density at radius 3 is 3.00 bits per heavy atom. The Kier molecular flexibility index (Phi) is 2.39. The van der Waals surface area contributed by atoms with Gasteiger partial charge >= 0.3 is 0 Å². The second-order valence-corrected chi connectivity index (χ2v) is 3.40. The lowest BCUT2D eigenvalue weighted by Crippen LogP contribution is -1.97. The largest absolute Gasteiger partial charge is 0.469 e. The van der Waals surface area contributed by atoms with Crippen molar-refractivity contribution in [3.63, 3.8) is 0 Å². The van der Waals surface area contributed by atoms with E-state index in [0.717, 1.165) is 18.6 Å². The monoisotopic (exact) mass is 190 g/mol. The van der Waals surface area contributed by atoms with E-state index in [2.05, 4.69) is 11.9 Å². The first-order chi connectivity index (χ1) is 6.81. The standard InChI is InChI=1S/C11H14N2O/c1-3-11-9(4-5-14-11)6-10-7-12-8-13(10)2/h4-5,7-8H,3,6H2,1-2H3. The highest BCUT2D eigenvalue weighted by Gasteiger charge is 2.06. The summed E-state index contributed by atoms with van der Waals surface area (Å²) in [4.78, 5) is 4.09. The van der Waals surface area contributed by atoms with E-state index in [1.165, 1.54) is 11.3 Å². The Morgan fingerprint density at radius 2 is 2.36 bits per heavy atom. The zero-order valence-electron chi connectivity index (χ0n) is 8.53. The Morgan fingerprint density at radius 1 is 1.50 bits per heavy atom. The van der Waals surface area contributed by atoms with Crippen LogP contribution in [0.5, 0.6) is 0 Å². The van der Waals surface area contributed by atoms with Gasteiger partial charge in [0.05, 0.1) is 12.6 Å². The number of aromatic nitrogens is 2. The average molecular weight is 190 g/mol. The Bertz CT molecular complexity index is 414. The van der Waals surface area contributed by atoms with Crippen molar-refractivity contribution in [1.82, 2.24) is 9.55 Å². The van der Waals surface area contributed by atoms with Gasteiger partial charge in [0.1, 0.15) is 5.76 Å². The molecule has 3 heteroatoms. The number of hydrogen-bond acceptors (Lipinski definition) is 2. The molecule has 2 rings (SSSR count). The molecule has 0 bridgehead atoms. The fraction of sp³-hybridized carbons (Fsp3) is 0.364. The second-order valence-electron chi connectivity index (χ2n) is 3.40. The maximum atomic E-state index is 5.37. The summed E-state index contributed by atoms with van der Waals surface area (Å²) in [6.07, 6.45) is 7.31. The zero-order chi connectivity index (χ0) is 9.97. The highest BCUT2D eigenvalue weighted by molar-refractivity contribution is 5.23. The summed E-state index contributed by atoms with van der Waals surface area (Å²) in [6, 6.07) is 2.03. The van der Waals surface area contributed by atoms with Gasteiger partial charge < -0.3 is 8.98 Å². The van der Waals surface area contributed by atoms with Crippen LogP contribution in [-0.2, 0) is 19.9 Å². The molecule has 2 aromatic rings. The molecule has 0 aliphatic carbocycles. The van der Waals surface area contributed by atoms with E-state index in [1.54, 1.807) is 6.26 Å². The molecule has 14 heavy (non-hydrogen) atoms. The molecule has 0 radical (unpaired) electrons. The minimum absolute atomic E-state index is 0.899. The van der Waals surface area contributed by atoms with Crippen LogP contribution in [0.25, 0.3) is 0 Å². The van der Waals surface area contributed by atoms with Gasteiger partial charge in [0, 0.05) is 31.8 Å². The predicted octanol–water partition coefficient (Wildman–Crippen LogP) is 2.17. The van der Waals surface area contributed by atoms with E-state index in [0.29, 0.717) is 0 Å². The summed E-state index contributed by atoms with van der Waals surface area (Å²) >= 11 is 0. The molecule has 0 aliphatic rings. The van der Waals surface area contributed by atoms with Gasteiger partial charge in [-0.1, -0.05) is 6.92 Å². The summed E-state index contributed by atoms with van der Waals surface area (Å²) in [7, 11) is 2.01. The van der Waals surface area contributed by atoms with Crippen molar-refractivity contribution in [2.45, 2.75) is 19.8 Å². The molecule has 0 amide bonds. The molecule has 74 valence electrons. The Hall–Kier alpha value is -1.51. The van der Waals surface area contributed by atoms with E-state index in [9.17, 15) is 0 Å². The van der Waals surface area contributed by atoms with Gasteiger partial charge in [-0.2, -0.15) is 0 Å². The van der Waals surface area contributed by atoms with Gasteiger partial charge in [-0.25, -0.2) is 4.98 Å². The lowest BCUT2D eigenvalue weighted by atomic mass is 10.1. The molecule has 0 aromatic carbocycles. The maximum absolute atomic E-state index is 5.37. The summed E-state index contributed by atoms with van der Waals surface area (Å²) in [5.41, 5.74) is 2.47. The highest BCUT2D eigenvalue weighted by atomic mass is 16.3. The van der Waals surface area contributed by atoms with Crippen LogP contribution < -0.4 is 0 Å². The predicted molar refractivity (Wildman–Crippen MR) is 54.1 cm³/mol. The average Bonchev–Trinajstić information content (AvgIpc) is 2.77. The van der Waals surface area contributed by atoms with Crippen LogP contribution >= 0.6 is 0 Å². The van der Waals surface area contributed by atoms with Crippen molar-refractivity contribution < 1.29 is 4.42 Å². The number of imidazole rings is 1. The number of hydrogen-bond donors (Lipinski definition) is 0. The van der Waals surface area contributed by atoms with Gasteiger partial charge in [0.25, 0.3) is 0 Å². The number of furan rings is 1. The minimum atomic E-state index is 0.899. The summed E-state index contributed by atoms with van der Waals surface area (Å²) in [5.74, 6) is 1.08. The highest BCUT2D eigenvalue weighted by Crippen LogP contribution is 2.15. The number of nitrogens with zero attached hydrogens (tertiary/aromatic N) is 2. The number of rotatable bonds is 3. The second kappa shape index (κ2) is 3.70. The van der Waals surface area contributed by atoms with Gasteiger partial charge in [0.2, 0.25) is 0 Å². The third kappa shape index (κ3) is 1.58. The van der Waals surface area contributed by atoms with Crippen molar-refractivity contribution in [2.75, 3.05) is 0 Å². The van der Waals surface area contributed by atoms with Crippen LogP contribution in [0.4, 0.5) is 0 Å². The topological polar surface area (TPSA) is 31.0 Å². The molecule has 0 atom stereocenters. The Labute approximate surface area is 83.4 Å². The molecule has 0 saturated heterocycles. The van der Waals surface area contributed by atoms with Crippen molar-refractivity contribution in [1.29, 1.82) is 0 Å². The SMILES string of the molecule is CCc1occc1Cc1cncn1C. The van der Waals surface area contributed by atoms with E-state index < -0.39 is 0 Å². The van der Waals surface area contributed by atoms with Crippen LogP contribution in [0.15, 0.2) is 29.3 Å². The minimum Gasteiger partial charge on any atom is -0.469 e. The van der Waals surface area contributed by atoms with Gasteiger partial charge in [-0.05, 0) is 11.6 Å². The molecule has 0 saturated carbocycles. The molecule has 0 N–H and O–H groups in total. The van der Waals surface area contributed by atoms with Crippen LogP contribution in [0.3, 0.4) is 0 Å². The fourth-order valence-electron chi connectivity index (χ4n) is 1.58. The van der Waals surface area contributed by atoms with E-state index in [-0.39, 0.29) is 0 Å². The lowest BCUT2D eigenvalue weighted by molar-refractivity contribution is 0.512. The molecule has 0 fully saturated rings. The first-order valence-corrected chi connectivity index (χ1v) is 4.81. The molecule has 0 spiro atoms. The van der Waals surface area contributed by atoms with Crippen LogP contribution in [0, 0.1) is 0 Å². The first kappa shape index (κ1) is 9.06. The molecule has 3 nitrogen and oxygen atoms in total. The van der Waals surface area contributed by atoms with Crippen LogP contribution in [0.1, 0.15) is 23.9 Å². The normalized spacial score (nSPS) is 10.7. The third-order valence-electron chi connectivity index (χ3n) is 2.45. The van der Waals surface area contributed by atoms with Crippen molar-refractivity contribution in [2.24, 2.45) is 7.05 Å². The van der Waals surface area contributed by atoms with Crippen molar-refractivity contribution in [3.05, 3.63) is 41.9 Å². The molecule has 2 aromatic heterocycles. The van der Waals surface area contributed by atoms with Gasteiger partial charge in [-0.15, -0.1) is 0 Å². The summed E-state index contributed by atoms with van der Waals surface area (Å²) in [6.45, 7) is 2.10. The zero-order valence-corrected chi connectivity index (χ0v) is 8.53. The maximum Gasteiger partial charge on any atom is 0.107 e. The Balaban J connectivity index is 2.22. The fourth-order valence-corrected chi connectivity index (χ4v) is 1.58. The van der Waals surface area contributed by atoms with Crippen molar-refractivity contribution in [3.8, 4) is 0 Å². The molecular weight excluding hydrogens is 176 g/mol.